The van der Waals surface area contributed by atoms with Crippen molar-refractivity contribution >= 4 is 11.7 Å². The summed E-state index contributed by atoms with van der Waals surface area (Å²) in [5.74, 6) is -0.648. The van der Waals surface area contributed by atoms with Gasteiger partial charge in [-0.15, -0.1) is 0 Å². The Morgan fingerprint density at radius 3 is 2.55 bits per heavy atom. The molecular formula is C16H12FNO2. The summed E-state index contributed by atoms with van der Waals surface area (Å²) in [6.45, 7) is 0. The average Bonchev–Trinajstić information content (AvgIpc) is 2.77. The molecule has 1 N–H and O–H groups in total. The number of amides is 1. The summed E-state index contributed by atoms with van der Waals surface area (Å²) in [6, 6.07) is 12.3. The van der Waals surface area contributed by atoms with Crippen molar-refractivity contribution in [2.45, 2.75) is 12.5 Å². The zero-order chi connectivity index (χ0) is 14.1. The van der Waals surface area contributed by atoms with E-state index in [1.54, 1.807) is 12.1 Å². The molecule has 2 aromatic carbocycles. The maximum Gasteiger partial charge on any atom is 0.252 e. The van der Waals surface area contributed by atoms with Crippen LogP contribution in [0.5, 0.6) is 0 Å². The van der Waals surface area contributed by atoms with Crippen LogP contribution in [0.15, 0.2) is 48.5 Å². The zero-order valence-electron chi connectivity index (χ0n) is 10.6. The fraction of sp³-hybridized carbons (Fsp3) is 0.125. The first kappa shape index (κ1) is 12.5. The zero-order valence-corrected chi connectivity index (χ0v) is 10.6. The van der Waals surface area contributed by atoms with E-state index in [0.717, 1.165) is 5.56 Å². The summed E-state index contributed by atoms with van der Waals surface area (Å²) in [5.41, 5.74) is 1.90. The van der Waals surface area contributed by atoms with Gasteiger partial charge in [-0.3, -0.25) is 9.59 Å². The molecule has 0 aromatic heterocycles. The predicted octanol–water partition coefficient (Wildman–Crippen LogP) is 2.88. The molecule has 1 aliphatic heterocycles. The third kappa shape index (κ3) is 2.20. The molecule has 1 unspecified atom stereocenters. The highest BCUT2D eigenvalue weighted by atomic mass is 19.1. The van der Waals surface area contributed by atoms with E-state index >= 15 is 0 Å². The van der Waals surface area contributed by atoms with E-state index in [-0.39, 0.29) is 30.0 Å². The SMILES string of the molecule is O=C(CC1NC(=O)c2ccccc21)c1ccc(F)cc1. The summed E-state index contributed by atoms with van der Waals surface area (Å²) in [6.07, 6.45) is 0.175. The summed E-state index contributed by atoms with van der Waals surface area (Å²) in [7, 11) is 0. The number of halogens is 1. The number of fused-ring (bicyclic) bond motifs is 1. The number of rotatable bonds is 3. The number of carbonyl (C=O) groups is 2. The van der Waals surface area contributed by atoms with Gasteiger partial charge >= 0.3 is 0 Å². The first-order valence-corrected chi connectivity index (χ1v) is 6.34. The normalized spacial score (nSPS) is 16.6. The van der Waals surface area contributed by atoms with E-state index in [4.69, 9.17) is 0 Å². The Labute approximate surface area is 115 Å². The number of carbonyl (C=O) groups excluding carboxylic acids is 2. The van der Waals surface area contributed by atoms with E-state index in [2.05, 4.69) is 5.32 Å². The van der Waals surface area contributed by atoms with Gasteiger partial charge in [0.25, 0.3) is 5.91 Å². The Hall–Kier alpha value is -2.49. The summed E-state index contributed by atoms with van der Waals surface area (Å²) < 4.78 is 12.8. The molecule has 0 aliphatic carbocycles. The molecule has 0 saturated carbocycles. The van der Waals surface area contributed by atoms with E-state index in [9.17, 15) is 14.0 Å². The number of Topliss-reactive ketones (excluding diaryl/α,β-unsaturated/α-hetero) is 1. The molecule has 4 heteroatoms. The second-order valence-electron chi connectivity index (χ2n) is 4.75. The van der Waals surface area contributed by atoms with Gasteiger partial charge in [0.1, 0.15) is 5.82 Å². The maximum absolute atomic E-state index is 12.8. The number of hydrogen-bond acceptors (Lipinski definition) is 2. The van der Waals surface area contributed by atoms with Crippen LogP contribution in [-0.4, -0.2) is 11.7 Å². The van der Waals surface area contributed by atoms with Gasteiger partial charge in [0.2, 0.25) is 0 Å². The number of hydrogen-bond donors (Lipinski definition) is 1. The van der Waals surface area contributed by atoms with Gasteiger partial charge in [-0.25, -0.2) is 4.39 Å². The maximum atomic E-state index is 12.8. The molecular weight excluding hydrogens is 257 g/mol. The Morgan fingerprint density at radius 2 is 1.80 bits per heavy atom. The summed E-state index contributed by atoms with van der Waals surface area (Å²) >= 11 is 0. The van der Waals surface area contributed by atoms with Gasteiger partial charge in [-0.2, -0.15) is 0 Å². The lowest BCUT2D eigenvalue weighted by atomic mass is 9.98. The van der Waals surface area contributed by atoms with Crippen LogP contribution in [0.3, 0.4) is 0 Å². The highest BCUT2D eigenvalue weighted by Gasteiger charge is 2.29. The first-order chi connectivity index (χ1) is 9.65. The van der Waals surface area contributed by atoms with Crippen LogP contribution in [-0.2, 0) is 0 Å². The van der Waals surface area contributed by atoms with Crippen LogP contribution in [0.4, 0.5) is 4.39 Å². The van der Waals surface area contributed by atoms with Crippen molar-refractivity contribution in [3.63, 3.8) is 0 Å². The molecule has 0 fully saturated rings. The van der Waals surface area contributed by atoms with Crippen molar-refractivity contribution in [2.75, 3.05) is 0 Å². The lowest BCUT2D eigenvalue weighted by Gasteiger charge is -2.10. The molecule has 2 aromatic rings. The number of ketones is 1. The van der Waals surface area contributed by atoms with Crippen molar-refractivity contribution in [1.29, 1.82) is 0 Å². The molecule has 0 bridgehead atoms. The third-order valence-electron chi connectivity index (χ3n) is 3.44. The molecule has 20 heavy (non-hydrogen) atoms. The fourth-order valence-corrected chi connectivity index (χ4v) is 2.42. The molecule has 0 spiro atoms. The molecule has 100 valence electrons. The molecule has 1 amide bonds. The minimum atomic E-state index is -0.374. The van der Waals surface area contributed by atoms with Gasteiger partial charge < -0.3 is 5.32 Å². The van der Waals surface area contributed by atoms with Crippen molar-refractivity contribution < 1.29 is 14.0 Å². The van der Waals surface area contributed by atoms with Gasteiger partial charge in [-0.1, -0.05) is 18.2 Å². The smallest absolute Gasteiger partial charge is 0.252 e. The minimum Gasteiger partial charge on any atom is -0.345 e. The molecule has 0 saturated heterocycles. The second-order valence-corrected chi connectivity index (χ2v) is 4.75. The lowest BCUT2D eigenvalue weighted by Crippen LogP contribution is -2.21. The second kappa shape index (κ2) is 4.89. The standard InChI is InChI=1S/C16H12FNO2/c17-11-7-5-10(6-8-11)15(19)9-14-12-3-1-2-4-13(12)16(20)18-14/h1-8,14H,9H2,(H,18,20). The highest BCUT2D eigenvalue weighted by molar-refractivity contribution is 6.01. The molecule has 1 atom stereocenters. The Morgan fingerprint density at radius 1 is 1.10 bits per heavy atom. The monoisotopic (exact) mass is 269 g/mol. The quantitative estimate of drug-likeness (QED) is 0.871. The van der Waals surface area contributed by atoms with E-state index in [0.29, 0.717) is 11.1 Å². The molecule has 3 nitrogen and oxygen atoms in total. The summed E-state index contributed by atoms with van der Waals surface area (Å²) in [4.78, 5) is 23.9. The summed E-state index contributed by atoms with van der Waals surface area (Å²) in [5, 5.41) is 2.80. The highest BCUT2D eigenvalue weighted by Crippen LogP contribution is 2.28. The third-order valence-corrected chi connectivity index (χ3v) is 3.44. The van der Waals surface area contributed by atoms with Crippen molar-refractivity contribution in [3.8, 4) is 0 Å². The Balaban J connectivity index is 1.81. The number of nitrogens with one attached hydrogen (secondary N) is 1. The van der Waals surface area contributed by atoms with Crippen LogP contribution >= 0.6 is 0 Å². The first-order valence-electron chi connectivity index (χ1n) is 6.34. The van der Waals surface area contributed by atoms with Gasteiger partial charge in [0, 0.05) is 17.5 Å². The van der Waals surface area contributed by atoms with Crippen LogP contribution < -0.4 is 5.32 Å². The fourth-order valence-electron chi connectivity index (χ4n) is 2.42. The largest absolute Gasteiger partial charge is 0.345 e. The van der Waals surface area contributed by atoms with Crippen LogP contribution in [0.1, 0.15) is 38.7 Å². The Kier molecular flexibility index (Phi) is 3.06. The van der Waals surface area contributed by atoms with E-state index in [1.807, 2.05) is 12.1 Å². The van der Waals surface area contributed by atoms with Crippen molar-refractivity contribution in [2.24, 2.45) is 0 Å². The minimum absolute atomic E-state index is 0.119. The molecule has 3 rings (SSSR count). The van der Waals surface area contributed by atoms with Gasteiger partial charge in [0.15, 0.2) is 5.78 Å². The lowest BCUT2D eigenvalue weighted by molar-refractivity contribution is 0.0933. The van der Waals surface area contributed by atoms with Crippen LogP contribution in [0, 0.1) is 5.82 Å². The molecule has 1 aliphatic rings. The molecule has 1 heterocycles. The van der Waals surface area contributed by atoms with E-state index in [1.165, 1.54) is 24.3 Å². The Bertz CT molecular complexity index is 679. The van der Waals surface area contributed by atoms with Gasteiger partial charge in [-0.05, 0) is 35.9 Å². The van der Waals surface area contributed by atoms with E-state index < -0.39 is 0 Å². The van der Waals surface area contributed by atoms with Crippen molar-refractivity contribution in [3.05, 3.63) is 71.0 Å². The predicted molar refractivity (Wildman–Crippen MR) is 72.0 cm³/mol. The van der Waals surface area contributed by atoms with Crippen LogP contribution in [0.25, 0.3) is 0 Å². The molecule has 0 radical (unpaired) electrons. The average molecular weight is 269 g/mol. The van der Waals surface area contributed by atoms with Crippen LogP contribution in [0.2, 0.25) is 0 Å². The topological polar surface area (TPSA) is 46.2 Å². The van der Waals surface area contributed by atoms with Crippen molar-refractivity contribution in [1.82, 2.24) is 5.32 Å². The van der Waals surface area contributed by atoms with Gasteiger partial charge in [0.05, 0.1) is 6.04 Å². The number of benzene rings is 2.